The maximum absolute atomic E-state index is 12.1. The number of piperidine rings is 1. The summed E-state index contributed by atoms with van der Waals surface area (Å²) in [4.78, 5) is 26.6. The molecule has 2 aromatic rings. The largest absolute Gasteiger partial charge is 0.449 e. The van der Waals surface area contributed by atoms with Crippen LogP contribution in [-0.4, -0.2) is 50.6 Å². The predicted octanol–water partition coefficient (Wildman–Crippen LogP) is 2.21. The van der Waals surface area contributed by atoms with Crippen LogP contribution in [0.3, 0.4) is 0 Å². The van der Waals surface area contributed by atoms with Gasteiger partial charge in [-0.05, 0) is 45.7 Å². The molecule has 3 heterocycles. The number of hydrogen-bond donors (Lipinski definition) is 1. The third-order valence-electron chi connectivity index (χ3n) is 4.05. The molecule has 1 saturated heterocycles. The summed E-state index contributed by atoms with van der Waals surface area (Å²) in [6.07, 6.45) is 2.76. The zero-order valence-corrected chi connectivity index (χ0v) is 15.1. The number of likely N-dealkylation sites (tertiary alicyclic amines) is 1. The number of rotatable bonds is 3. The van der Waals surface area contributed by atoms with Gasteiger partial charge in [-0.1, -0.05) is 0 Å². The van der Waals surface area contributed by atoms with E-state index < -0.39 is 11.5 Å². The molecule has 140 valence electrons. The number of primary amides is 1. The molecule has 1 aliphatic rings. The van der Waals surface area contributed by atoms with Gasteiger partial charge in [0, 0.05) is 13.1 Å². The van der Waals surface area contributed by atoms with Crippen LogP contribution in [0.1, 0.15) is 50.2 Å². The molecule has 0 saturated carbocycles. The van der Waals surface area contributed by atoms with Crippen molar-refractivity contribution in [3.63, 3.8) is 0 Å². The fraction of sp³-hybridized carbons (Fsp3) is 0.529. The summed E-state index contributed by atoms with van der Waals surface area (Å²) >= 11 is 0. The van der Waals surface area contributed by atoms with Crippen molar-refractivity contribution in [1.29, 1.82) is 0 Å². The van der Waals surface area contributed by atoms with E-state index in [0.717, 1.165) is 12.8 Å². The van der Waals surface area contributed by atoms with Crippen LogP contribution in [0.25, 0.3) is 11.5 Å². The van der Waals surface area contributed by atoms with Gasteiger partial charge in [-0.3, -0.25) is 4.79 Å². The minimum absolute atomic E-state index is 0.0835. The average molecular weight is 361 g/mol. The molecule has 26 heavy (non-hydrogen) atoms. The molecule has 2 amide bonds. The van der Waals surface area contributed by atoms with Crippen LogP contribution in [-0.2, 0) is 4.74 Å². The maximum atomic E-state index is 12.1. The second-order valence-electron chi connectivity index (χ2n) is 7.28. The summed E-state index contributed by atoms with van der Waals surface area (Å²) in [5.41, 5.74) is 5.22. The van der Waals surface area contributed by atoms with Crippen molar-refractivity contribution in [3.05, 3.63) is 24.1 Å². The van der Waals surface area contributed by atoms with E-state index in [2.05, 4.69) is 10.2 Å². The Morgan fingerprint density at radius 3 is 2.54 bits per heavy atom. The van der Waals surface area contributed by atoms with Crippen LogP contribution in [0.2, 0.25) is 0 Å². The Morgan fingerprint density at radius 2 is 1.96 bits per heavy atom. The van der Waals surface area contributed by atoms with Crippen molar-refractivity contribution >= 4 is 12.0 Å². The van der Waals surface area contributed by atoms with E-state index in [1.54, 1.807) is 22.0 Å². The Balaban J connectivity index is 1.61. The van der Waals surface area contributed by atoms with Gasteiger partial charge >= 0.3 is 6.09 Å². The SMILES string of the molecule is CC(C)(C)OC(=O)N1CCC(n2ncc(-c3ccc(C(N)=O)o3)n2)CC1. The zero-order chi connectivity index (χ0) is 18.9. The molecular formula is C17H23N5O4. The van der Waals surface area contributed by atoms with Gasteiger partial charge in [-0.25, -0.2) is 4.79 Å². The molecule has 0 aromatic carbocycles. The van der Waals surface area contributed by atoms with Crippen molar-refractivity contribution < 1.29 is 18.7 Å². The van der Waals surface area contributed by atoms with E-state index in [0.29, 0.717) is 24.5 Å². The fourth-order valence-corrected chi connectivity index (χ4v) is 2.78. The number of carbonyl (C=O) groups excluding carboxylic acids is 2. The van der Waals surface area contributed by atoms with Crippen molar-refractivity contribution in [1.82, 2.24) is 19.9 Å². The molecule has 0 unspecified atom stereocenters. The van der Waals surface area contributed by atoms with Crippen LogP contribution >= 0.6 is 0 Å². The first kappa shape index (κ1) is 18.0. The van der Waals surface area contributed by atoms with Crippen molar-refractivity contribution in [3.8, 4) is 11.5 Å². The maximum Gasteiger partial charge on any atom is 0.410 e. The lowest BCUT2D eigenvalue weighted by Gasteiger charge is -2.32. The number of nitrogens with two attached hydrogens (primary N) is 1. The quantitative estimate of drug-likeness (QED) is 0.896. The number of carbonyl (C=O) groups is 2. The fourth-order valence-electron chi connectivity index (χ4n) is 2.78. The van der Waals surface area contributed by atoms with Crippen LogP contribution in [0, 0.1) is 0 Å². The summed E-state index contributed by atoms with van der Waals surface area (Å²) in [7, 11) is 0. The van der Waals surface area contributed by atoms with E-state index in [-0.39, 0.29) is 17.9 Å². The molecule has 9 nitrogen and oxygen atoms in total. The molecule has 0 radical (unpaired) electrons. The van der Waals surface area contributed by atoms with Crippen molar-refractivity contribution in [2.45, 2.75) is 45.3 Å². The highest BCUT2D eigenvalue weighted by Gasteiger charge is 2.28. The number of hydrogen-bond acceptors (Lipinski definition) is 6. The monoisotopic (exact) mass is 361 g/mol. The minimum atomic E-state index is -0.627. The van der Waals surface area contributed by atoms with Gasteiger partial charge in [0.15, 0.2) is 11.5 Å². The summed E-state index contributed by atoms with van der Waals surface area (Å²) in [5.74, 6) is -0.102. The lowest BCUT2D eigenvalue weighted by molar-refractivity contribution is 0.0180. The van der Waals surface area contributed by atoms with Crippen molar-refractivity contribution in [2.75, 3.05) is 13.1 Å². The highest BCUT2D eigenvalue weighted by molar-refractivity contribution is 5.90. The second-order valence-corrected chi connectivity index (χ2v) is 7.28. The summed E-state index contributed by atoms with van der Waals surface area (Å²) in [5, 5.41) is 8.73. The Bertz CT molecular complexity index is 796. The molecule has 2 aromatic heterocycles. The van der Waals surface area contributed by atoms with Gasteiger partial charge in [0.25, 0.3) is 5.91 Å². The standard InChI is InChI=1S/C17H23N5O4/c1-17(2,3)26-16(24)21-8-6-11(7-9-21)22-19-10-12(20-22)13-4-5-14(25-13)15(18)23/h4-5,10-11H,6-9H2,1-3H3,(H2,18,23). The van der Waals surface area contributed by atoms with E-state index in [1.165, 1.54) is 6.07 Å². The normalized spacial score (nSPS) is 15.9. The van der Waals surface area contributed by atoms with Gasteiger partial charge in [0.1, 0.15) is 11.3 Å². The van der Waals surface area contributed by atoms with E-state index >= 15 is 0 Å². The highest BCUT2D eigenvalue weighted by Crippen LogP contribution is 2.25. The first-order valence-electron chi connectivity index (χ1n) is 8.53. The number of nitrogens with zero attached hydrogens (tertiary/aromatic N) is 4. The predicted molar refractivity (Wildman–Crippen MR) is 92.3 cm³/mol. The molecule has 1 aliphatic heterocycles. The lowest BCUT2D eigenvalue weighted by Crippen LogP contribution is -2.42. The van der Waals surface area contributed by atoms with Crippen molar-refractivity contribution in [2.24, 2.45) is 5.73 Å². The smallest absolute Gasteiger partial charge is 0.410 e. The molecule has 1 fully saturated rings. The van der Waals surface area contributed by atoms with E-state index in [4.69, 9.17) is 14.9 Å². The van der Waals surface area contributed by atoms with Gasteiger partial charge in [-0.2, -0.15) is 9.90 Å². The Hall–Kier alpha value is -2.84. The van der Waals surface area contributed by atoms with Crippen LogP contribution in [0.15, 0.2) is 22.7 Å². The Labute approximate surface area is 151 Å². The highest BCUT2D eigenvalue weighted by atomic mass is 16.6. The first-order valence-corrected chi connectivity index (χ1v) is 8.53. The topological polar surface area (TPSA) is 116 Å². The van der Waals surface area contributed by atoms with Gasteiger partial charge < -0.3 is 19.8 Å². The number of ether oxygens (including phenoxy) is 1. The van der Waals surface area contributed by atoms with Crippen LogP contribution < -0.4 is 5.73 Å². The minimum Gasteiger partial charge on any atom is -0.449 e. The molecule has 3 rings (SSSR count). The van der Waals surface area contributed by atoms with Gasteiger partial charge in [-0.15, -0.1) is 5.10 Å². The molecule has 0 bridgehead atoms. The molecule has 2 N–H and O–H groups in total. The zero-order valence-electron chi connectivity index (χ0n) is 15.1. The third-order valence-corrected chi connectivity index (χ3v) is 4.05. The number of aromatic nitrogens is 3. The summed E-state index contributed by atoms with van der Waals surface area (Å²) in [6, 6.07) is 3.24. The lowest BCUT2D eigenvalue weighted by atomic mass is 10.1. The molecular weight excluding hydrogens is 338 g/mol. The Morgan fingerprint density at radius 1 is 1.27 bits per heavy atom. The summed E-state index contributed by atoms with van der Waals surface area (Å²) < 4.78 is 10.8. The molecule has 0 spiro atoms. The van der Waals surface area contributed by atoms with E-state index in [1.807, 2.05) is 20.8 Å². The summed E-state index contributed by atoms with van der Waals surface area (Å²) in [6.45, 7) is 6.73. The van der Waals surface area contributed by atoms with Gasteiger partial charge in [0.05, 0.1) is 12.2 Å². The molecule has 0 aliphatic carbocycles. The third kappa shape index (κ3) is 4.04. The second kappa shape index (κ2) is 6.81. The van der Waals surface area contributed by atoms with E-state index in [9.17, 15) is 9.59 Å². The molecule has 9 heteroatoms. The Kier molecular flexibility index (Phi) is 4.71. The van der Waals surface area contributed by atoms with Crippen LogP contribution in [0.4, 0.5) is 4.79 Å². The first-order chi connectivity index (χ1) is 12.2. The van der Waals surface area contributed by atoms with Gasteiger partial charge in [0.2, 0.25) is 0 Å². The number of amides is 2. The van der Waals surface area contributed by atoms with Crippen LogP contribution in [0.5, 0.6) is 0 Å². The average Bonchev–Trinajstić information content (AvgIpc) is 3.22. The molecule has 0 atom stereocenters. The number of furan rings is 1.